The summed E-state index contributed by atoms with van der Waals surface area (Å²) in [6.07, 6.45) is 5.07. The number of nitrogens with zero attached hydrogens (tertiary/aromatic N) is 3. The number of halogens is 1. The number of imidazole rings is 1. The SMILES string of the molecule is CCCNCc1cc(Cl)ccc1N1CCn2ccnc2C1. The van der Waals surface area contributed by atoms with Crippen LogP contribution in [0.4, 0.5) is 5.69 Å². The maximum Gasteiger partial charge on any atom is 0.128 e. The van der Waals surface area contributed by atoms with E-state index < -0.39 is 0 Å². The van der Waals surface area contributed by atoms with Gasteiger partial charge in [0.05, 0.1) is 6.54 Å². The van der Waals surface area contributed by atoms with Crippen LogP contribution in [0, 0.1) is 0 Å². The molecule has 1 aromatic heterocycles. The fourth-order valence-electron chi connectivity index (χ4n) is 2.78. The lowest BCUT2D eigenvalue weighted by Gasteiger charge is -2.31. The number of rotatable bonds is 5. The molecule has 0 radical (unpaired) electrons. The van der Waals surface area contributed by atoms with Gasteiger partial charge in [0.25, 0.3) is 0 Å². The van der Waals surface area contributed by atoms with E-state index >= 15 is 0 Å². The molecule has 0 saturated carbocycles. The first-order chi connectivity index (χ1) is 10.3. The first kappa shape index (κ1) is 14.4. The lowest BCUT2D eigenvalue weighted by atomic mass is 10.1. The van der Waals surface area contributed by atoms with Crippen molar-refractivity contribution in [2.24, 2.45) is 0 Å². The number of hydrogen-bond donors (Lipinski definition) is 1. The van der Waals surface area contributed by atoms with E-state index in [1.165, 1.54) is 11.3 Å². The molecule has 2 heterocycles. The second kappa shape index (κ2) is 6.50. The average Bonchev–Trinajstić information content (AvgIpc) is 2.95. The Labute approximate surface area is 130 Å². The highest BCUT2D eigenvalue weighted by atomic mass is 35.5. The summed E-state index contributed by atoms with van der Waals surface area (Å²) in [6.45, 7) is 6.91. The van der Waals surface area contributed by atoms with Gasteiger partial charge < -0.3 is 14.8 Å². The normalized spacial score (nSPS) is 14.3. The second-order valence-electron chi connectivity index (χ2n) is 5.41. The second-order valence-corrected chi connectivity index (χ2v) is 5.84. The number of benzene rings is 1. The number of anilines is 1. The van der Waals surface area contributed by atoms with Crippen molar-refractivity contribution in [1.82, 2.24) is 14.9 Å². The van der Waals surface area contributed by atoms with Gasteiger partial charge in [-0.25, -0.2) is 4.98 Å². The Bertz CT molecular complexity index is 608. The molecular weight excluding hydrogens is 284 g/mol. The maximum atomic E-state index is 6.17. The molecule has 0 amide bonds. The van der Waals surface area contributed by atoms with E-state index in [9.17, 15) is 0 Å². The Hall–Kier alpha value is -1.52. The minimum absolute atomic E-state index is 0.797. The summed E-state index contributed by atoms with van der Waals surface area (Å²) in [7, 11) is 0. The molecule has 3 rings (SSSR count). The Morgan fingerprint density at radius 3 is 3.10 bits per heavy atom. The van der Waals surface area contributed by atoms with Crippen LogP contribution in [0.5, 0.6) is 0 Å². The van der Waals surface area contributed by atoms with Crippen molar-refractivity contribution in [3.05, 3.63) is 47.0 Å². The van der Waals surface area contributed by atoms with Crippen LogP contribution in [0.1, 0.15) is 24.7 Å². The molecule has 1 N–H and O–H groups in total. The first-order valence-corrected chi connectivity index (χ1v) is 7.90. The number of fused-ring (bicyclic) bond motifs is 1. The monoisotopic (exact) mass is 304 g/mol. The van der Waals surface area contributed by atoms with Gasteiger partial charge in [-0.3, -0.25) is 0 Å². The topological polar surface area (TPSA) is 33.1 Å². The maximum absolute atomic E-state index is 6.17. The van der Waals surface area contributed by atoms with Gasteiger partial charge in [-0.2, -0.15) is 0 Å². The number of hydrogen-bond acceptors (Lipinski definition) is 3. The number of nitrogens with one attached hydrogen (secondary N) is 1. The van der Waals surface area contributed by atoms with Gasteiger partial charge in [-0.1, -0.05) is 18.5 Å². The first-order valence-electron chi connectivity index (χ1n) is 7.52. The van der Waals surface area contributed by atoms with Gasteiger partial charge in [0.15, 0.2) is 0 Å². The van der Waals surface area contributed by atoms with Crippen molar-refractivity contribution in [3.63, 3.8) is 0 Å². The Morgan fingerprint density at radius 2 is 2.24 bits per heavy atom. The molecule has 112 valence electrons. The van der Waals surface area contributed by atoms with Gasteiger partial charge in [-0.15, -0.1) is 0 Å². The molecule has 1 aliphatic rings. The van der Waals surface area contributed by atoms with Gasteiger partial charge in [0.1, 0.15) is 5.82 Å². The molecule has 1 aliphatic heterocycles. The molecule has 0 fully saturated rings. The standard InChI is InChI=1S/C16H21ClN4/c1-2-5-18-11-13-10-14(17)3-4-15(13)21-9-8-20-7-6-19-16(20)12-21/h3-4,6-7,10,18H,2,5,8-9,11-12H2,1H3. The fraction of sp³-hybridized carbons (Fsp3) is 0.438. The lowest BCUT2D eigenvalue weighted by Crippen LogP contribution is -2.34. The molecule has 21 heavy (non-hydrogen) atoms. The van der Waals surface area contributed by atoms with Gasteiger partial charge in [0, 0.05) is 42.7 Å². The zero-order valence-corrected chi connectivity index (χ0v) is 13.1. The van der Waals surface area contributed by atoms with E-state index in [-0.39, 0.29) is 0 Å². The Kier molecular flexibility index (Phi) is 4.46. The van der Waals surface area contributed by atoms with Crippen molar-refractivity contribution in [2.75, 3.05) is 18.0 Å². The summed E-state index contributed by atoms with van der Waals surface area (Å²) < 4.78 is 2.22. The van der Waals surface area contributed by atoms with Crippen LogP contribution in [0.15, 0.2) is 30.6 Å². The molecule has 0 aliphatic carbocycles. The van der Waals surface area contributed by atoms with Gasteiger partial charge in [0.2, 0.25) is 0 Å². The van der Waals surface area contributed by atoms with E-state index in [2.05, 4.69) is 45.0 Å². The van der Waals surface area contributed by atoms with Crippen LogP contribution < -0.4 is 10.2 Å². The summed E-state index contributed by atoms with van der Waals surface area (Å²) in [5, 5.41) is 4.26. The largest absolute Gasteiger partial charge is 0.362 e. The van der Waals surface area contributed by atoms with Crippen molar-refractivity contribution in [3.8, 4) is 0 Å². The molecule has 4 nitrogen and oxygen atoms in total. The third-order valence-electron chi connectivity index (χ3n) is 3.87. The van der Waals surface area contributed by atoms with E-state index in [0.717, 1.165) is 50.0 Å². The van der Waals surface area contributed by atoms with Gasteiger partial charge >= 0.3 is 0 Å². The molecule has 0 bridgehead atoms. The Morgan fingerprint density at radius 1 is 1.33 bits per heavy atom. The van der Waals surface area contributed by atoms with Crippen LogP contribution in [-0.4, -0.2) is 22.6 Å². The van der Waals surface area contributed by atoms with E-state index in [1.807, 2.05) is 12.3 Å². The van der Waals surface area contributed by atoms with Gasteiger partial charge in [-0.05, 0) is 36.7 Å². The molecule has 2 aromatic rings. The molecule has 1 aromatic carbocycles. The predicted octanol–water partition coefficient (Wildman–Crippen LogP) is 3.06. The minimum Gasteiger partial charge on any atom is -0.362 e. The van der Waals surface area contributed by atoms with E-state index in [0.29, 0.717) is 0 Å². The summed E-state index contributed by atoms with van der Waals surface area (Å²) >= 11 is 6.17. The minimum atomic E-state index is 0.797. The van der Waals surface area contributed by atoms with Crippen LogP contribution in [-0.2, 0) is 19.6 Å². The Balaban J connectivity index is 1.81. The van der Waals surface area contributed by atoms with Crippen molar-refractivity contribution in [2.45, 2.75) is 33.0 Å². The highest BCUT2D eigenvalue weighted by molar-refractivity contribution is 6.30. The highest BCUT2D eigenvalue weighted by Crippen LogP contribution is 2.27. The average molecular weight is 305 g/mol. The smallest absolute Gasteiger partial charge is 0.128 e. The van der Waals surface area contributed by atoms with Crippen LogP contribution >= 0.6 is 11.6 Å². The third-order valence-corrected chi connectivity index (χ3v) is 4.10. The van der Waals surface area contributed by atoms with Crippen LogP contribution in [0.25, 0.3) is 0 Å². The van der Waals surface area contributed by atoms with E-state index in [1.54, 1.807) is 0 Å². The molecule has 0 unspecified atom stereocenters. The van der Waals surface area contributed by atoms with Crippen molar-refractivity contribution < 1.29 is 0 Å². The zero-order valence-electron chi connectivity index (χ0n) is 12.3. The molecule has 0 atom stereocenters. The summed E-state index contributed by atoms with van der Waals surface area (Å²) in [6, 6.07) is 6.17. The van der Waals surface area contributed by atoms with E-state index in [4.69, 9.17) is 11.6 Å². The fourth-order valence-corrected chi connectivity index (χ4v) is 2.98. The molecule has 0 saturated heterocycles. The summed E-state index contributed by atoms with van der Waals surface area (Å²) in [5.41, 5.74) is 2.52. The number of aromatic nitrogens is 2. The van der Waals surface area contributed by atoms with Crippen LogP contribution in [0.2, 0.25) is 5.02 Å². The highest BCUT2D eigenvalue weighted by Gasteiger charge is 2.19. The molecular formula is C16H21ClN4. The van der Waals surface area contributed by atoms with Crippen molar-refractivity contribution >= 4 is 17.3 Å². The molecule has 5 heteroatoms. The third kappa shape index (κ3) is 3.22. The zero-order chi connectivity index (χ0) is 14.7. The quantitative estimate of drug-likeness (QED) is 0.862. The van der Waals surface area contributed by atoms with Crippen LogP contribution in [0.3, 0.4) is 0 Å². The lowest BCUT2D eigenvalue weighted by molar-refractivity contribution is 0.557. The summed E-state index contributed by atoms with van der Waals surface area (Å²) in [5.74, 6) is 1.13. The molecule has 0 spiro atoms. The predicted molar refractivity (Wildman–Crippen MR) is 86.7 cm³/mol. The summed E-state index contributed by atoms with van der Waals surface area (Å²) in [4.78, 5) is 6.83. The van der Waals surface area contributed by atoms with Crippen molar-refractivity contribution in [1.29, 1.82) is 0 Å².